The largest absolute Gasteiger partial charge is 0.497 e. The van der Waals surface area contributed by atoms with Gasteiger partial charge in [0, 0.05) is 18.7 Å². The molecule has 5 heteroatoms. The number of carbonyl (C=O) groups is 1. The molecule has 1 aromatic carbocycles. The van der Waals surface area contributed by atoms with E-state index in [1.807, 2.05) is 25.1 Å². The summed E-state index contributed by atoms with van der Waals surface area (Å²) in [5, 5.41) is 0. The Kier molecular flexibility index (Phi) is 6.07. The van der Waals surface area contributed by atoms with Crippen LogP contribution in [-0.4, -0.2) is 44.8 Å². The van der Waals surface area contributed by atoms with Crippen molar-refractivity contribution >= 4 is 5.97 Å². The molecule has 5 nitrogen and oxygen atoms in total. The van der Waals surface area contributed by atoms with Crippen LogP contribution in [0, 0.1) is 5.92 Å². The van der Waals surface area contributed by atoms with Crippen molar-refractivity contribution in [2.75, 3.05) is 33.9 Å². The lowest BCUT2D eigenvalue weighted by Gasteiger charge is -2.31. The topological polar surface area (TPSA) is 48.0 Å². The average Bonchev–Trinajstić information content (AvgIpc) is 2.55. The highest BCUT2D eigenvalue weighted by Crippen LogP contribution is 2.27. The van der Waals surface area contributed by atoms with Crippen molar-refractivity contribution in [1.29, 1.82) is 0 Å². The van der Waals surface area contributed by atoms with Gasteiger partial charge < -0.3 is 14.2 Å². The normalized spacial score (nSPS) is 18.8. The van der Waals surface area contributed by atoms with Crippen molar-refractivity contribution in [3.8, 4) is 11.5 Å². The van der Waals surface area contributed by atoms with Crippen LogP contribution in [-0.2, 0) is 16.1 Å². The summed E-state index contributed by atoms with van der Waals surface area (Å²) in [6, 6.07) is 5.80. The zero-order valence-corrected chi connectivity index (χ0v) is 13.6. The summed E-state index contributed by atoms with van der Waals surface area (Å²) < 4.78 is 15.9. The first-order valence-electron chi connectivity index (χ1n) is 7.77. The Morgan fingerprint density at radius 2 is 2.14 bits per heavy atom. The van der Waals surface area contributed by atoms with Gasteiger partial charge in [-0.1, -0.05) is 0 Å². The minimum Gasteiger partial charge on any atom is -0.497 e. The molecule has 0 bridgehead atoms. The van der Waals surface area contributed by atoms with E-state index < -0.39 is 0 Å². The predicted molar refractivity (Wildman–Crippen MR) is 84.2 cm³/mol. The van der Waals surface area contributed by atoms with Crippen molar-refractivity contribution in [2.24, 2.45) is 5.92 Å². The summed E-state index contributed by atoms with van der Waals surface area (Å²) in [7, 11) is 3.33. The summed E-state index contributed by atoms with van der Waals surface area (Å²) in [6.07, 6.45) is 1.92. The number of rotatable bonds is 6. The maximum atomic E-state index is 11.9. The van der Waals surface area contributed by atoms with E-state index in [0.29, 0.717) is 6.61 Å². The number of benzene rings is 1. The van der Waals surface area contributed by atoms with Crippen LogP contribution in [0.1, 0.15) is 25.3 Å². The number of carbonyl (C=O) groups excluding carboxylic acids is 1. The molecule has 1 saturated heterocycles. The zero-order valence-electron chi connectivity index (χ0n) is 13.6. The molecule has 0 radical (unpaired) electrons. The number of nitrogens with zero attached hydrogens (tertiary/aromatic N) is 1. The number of methoxy groups -OCH3 is 2. The smallest absolute Gasteiger partial charge is 0.310 e. The SMILES string of the molecule is CCOC(=O)C1CCCN(Cc2cc(OC)ccc2OC)C1. The fourth-order valence-corrected chi connectivity index (χ4v) is 2.90. The Labute approximate surface area is 132 Å². The van der Waals surface area contributed by atoms with Gasteiger partial charge in [-0.2, -0.15) is 0 Å². The second-order valence-corrected chi connectivity index (χ2v) is 5.50. The summed E-state index contributed by atoms with van der Waals surface area (Å²) in [6.45, 7) is 4.75. The number of hydrogen-bond donors (Lipinski definition) is 0. The summed E-state index contributed by atoms with van der Waals surface area (Å²) in [5.41, 5.74) is 1.08. The molecule has 0 N–H and O–H groups in total. The Hall–Kier alpha value is -1.75. The molecule has 1 atom stereocenters. The molecule has 1 aliphatic rings. The number of hydrogen-bond acceptors (Lipinski definition) is 5. The highest BCUT2D eigenvalue weighted by atomic mass is 16.5. The molecule has 22 heavy (non-hydrogen) atoms. The molecule has 122 valence electrons. The molecule has 0 saturated carbocycles. The number of piperidine rings is 1. The van der Waals surface area contributed by atoms with Gasteiger partial charge in [-0.25, -0.2) is 0 Å². The van der Waals surface area contributed by atoms with Crippen molar-refractivity contribution in [3.63, 3.8) is 0 Å². The molecular weight excluding hydrogens is 282 g/mol. The monoisotopic (exact) mass is 307 g/mol. The van der Waals surface area contributed by atoms with E-state index in [1.54, 1.807) is 14.2 Å². The fraction of sp³-hybridized carbons (Fsp3) is 0.588. The van der Waals surface area contributed by atoms with Gasteiger partial charge in [0.25, 0.3) is 0 Å². The number of likely N-dealkylation sites (tertiary alicyclic amines) is 1. The van der Waals surface area contributed by atoms with E-state index in [-0.39, 0.29) is 11.9 Å². The molecular formula is C17H25NO4. The van der Waals surface area contributed by atoms with Crippen LogP contribution in [0.15, 0.2) is 18.2 Å². The van der Waals surface area contributed by atoms with Crippen LogP contribution >= 0.6 is 0 Å². The molecule has 1 aromatic rings. The molecule has 2 rings (SSSR count). The second kappa shape index (κ2) is 8.03. The van der Waals surface area contributed by atoms with Gasteiger partial charge in [0.15, 0.2) is 0 Å². The number of esters is 1. The third kappa shape index (κ3) is 4.13. The maximum absolute atomic E-state index is 11.9. The first kappa shape index (κ1) is 16.6. The maximum Gasteiger partial charge on any atom is 0.310 e. The van der Waals surface area contributed by atoms with Crippen LogP contribution in [0.25, 0.3) is 0 Å². The lowest BCUT2D eigenvalue weighted by molar-refractivity contribution is -0.150. The van der Waals surface area contributed by atoms with E-state index in [4.69, 9.17) is 14.2 Å². The van der Waals surface area contributed by atoms with Crippen LogP contribution in [0.2, 0.25) is 0 Å². The Balaban J connectivity index is 2.05. The van der Waals surface area contributed by atoms with Crippen molar-refractivity contribution in [2.45, 2.75) is 26.3 Å². The summed E-state index contributed by atoms with van der Waals surface area (Å²) in [5.74, 6) is 1.56. The minimum absolute atomic E-state index is 0.0229. The van der Waals surface area contributed by atoms with Gasteiger partial charge in [-0.05, 0) is 44.5 Å². The van der Waals surface area contributed by atoms with Crippen molar-refractivity contribution in [3.05, 3.63) is 23.8 Å². The van der Waals surface area contributed by atoms with Gasteiger partial charge in [0.2, 0.25) is 0 Å². The van der Waals surface area contributed by atoms with Crippen molar-refractivity contribution < 1.29 is 19.0 Å². The average molecular weight is 307 g/mol. The summed E-state index contributed by atoms with van der Waals surface area (Å²) >= 11 is 0. The Morgan fingerprint density at radius 1 is 1.32 bits per heavy atom. The quantitative estimate of drug-likeness (QED) is 0.756. The van der Waals surface area contributed by atoms with Crippen LogP contribution < -0.4 is 9.47 Å². The highest BCUT2D eigenvalue weighted by Gasteiger charge is 2.27. The van der Waals surface area contributed by atoms with Gasteiger partial charge in [0.1, 0.15) is 11.5 Å². The molecule has 0 amide bonds. The van der Waals surface area contributed by atoms with Crippen LogP contribution in [0.5, 0.6) is 11.5 Å². The summed E-state index contributed by atoms with van der Waals surface area (Å²) in [4.78, 5) is 14.2. The molecule has 0 aliphatic carbocycles. The van der Waals surface area contributed by atoms with Crippen LogP contribution in [0.3, 0.4) is 0 Å². The van der Waals surface area contributed by atoms with Crippen molar-refractivity contribution in [1.82, 2.24) is 4.90 Å². The fourth-order valence-electron chi connectivity index (χ4n) is 2.90. The standard InChI is InChI=1S/C17H25NO4/c1-4-22-17(19)13-6-5-9-18(11-13)12-14-10-15(20-2)7-8-16(14)21-3/h7-8,10,13H,4-6,9,11-12H2,1-3H3. The number of ether oxygens (including phenoxy) is 3. The Morgan fingerprint density at radius 3 is 2.82 bits per heavy atom. The van der Waals surface area contributed by atoms with Gasteiger partial charge in [-0.3, -0.25) is 9.69 Å². The molecule has 1 aliphatic heterocycles. The molecule has 0 aromatic heterocycles. The Bertz CT molecular complexity index is 503. The minimum atomic E-state index is -0.0789. The predicted octanol–water partition coefficient (Wildman–Crippen LogP) is 2.48. The van der Waals surface area contributed by atoms with E-state index >= 15 is 0 Å². The first-order valence-corrected chi connectivity index (χ1v) is 7.77. The molecule has 0 spiro atoms. The van der Waals surface area contributed by atoms with E-state index in [9.17, 15) is 4.79 Å². The third-order valence-corrected chi connectivity index (χ3v) is 4.01. The van der Waals surface area contributed by atoms with Gasteiger partial charge >= 0.3 is 5.97 Å². The van der Waals surface area contributed by atoms with E-state index in [1.165, 1.54) is 0 Å². The zero-order chi connectivity index (χ0) is 15.9. The van der Waals surface area contributed by atoms with E-state index in [2.05, 4.69) is 4.90 Å². The van der Waals surface area contributed by atoms with Gasteiger partial charge in [-0.15, -0.1) is 0 Å². The molecule has 1 unspecified atom stereocenters. The third-order valence-electron chi connectivity index (χ3n) is 4.01. The molecule has 1 fully saturated rings. The lowest BCUT2D eigenvalue weighted by Crippen LogP contribution is -2.39. The molecule has 1 heterocycles. The second-order valence-electron chi connectivity index (χ2n) is 5.50. The lowest BCUT2D eigenvalue weighted by atomic mass is 9.97. The van der Waals surface area contributed by atoms with E-state index in [0.717, 1.165) is 49.5 Å². The van der Waals surface area contributed by atoms with Crippen LogP contribution in [0.4, 0.5) is 0 Å². The first-order chi connectivity index (χ1) is 10.7. The van der Waals surface area contributed by atoms with Gasteiger partial charge in [0.05, 0.1) is 26.7 Å². The highest BCUT2D eigenvalue weighted by molar-refractivity contribution is 5.72.